The van der Waals surface area contributed by atoms with Crippen molar-refractivity contribution in [2.75, 3.05) is 5.32 Å². The summed E-state index contributed by atoms with van der Waals surface area (Å²) in [7, 11) is 0. The van der Waals surface area contributed by atoms with Gasteiger partial charge in [0.15, 0.2) is 5.69 Å². The standard InChI is InChI=1S/C13H8BrN3O2/c14-9-5-4-8(7-15)11(6-9)17-12-3-1-2-10(16-12)13(18)19/h1-6H,(H,16,17)(H,18,19). The van der Waals surface area contributed by atoms with Crippen LogP contribution in [0.3, 0.4) is 0 Å². The van der Waals surface area contributed by atoms with E-state index in [4.69, 9.17) is 10.4 Å². The number of rotatable bonds is 3. The number of pyridine rings is 1. The van der Waals surface area contributed by atoms with Crippen LogP contribution in [-0.2, 0) is 0 Å². The summed E-state index contributed by atoms with van der Waals surface area (Å²) in [5, 5.41) is 20.8. The maximum atomic E-state index is 10.8. The second kappa shape index (κ2) is 5.50. The van der Waals surface area contributed by atoms with Crippen LogP contribution in [0, 0.1) is 11.3 Å². The number of hydrogen-bond acceptors (Lipinski definition) is 4. The number of carboxylic acids is 1. The van der Waals surface area contributed by atoms with Crippen LogP contribution in [-0.4, -0.2) is 16.1 Å². The number of halogens is 1. The molecule has 2 N–H and O–H groups in total. The van der Waals surface area contributed by atoms with Crippen molar-refractivity contribution in [3.63, 3.8) is 0 Å². The molecule has 0 bridgehead atoms. The number of anilines is 2. The third-order valence-corrected chi connectivity index (χ3v) is 2.83. The molecule has 2 rings (SSSR count). The Hall–Kier alpha value is -2.39. The molecule has 0 saturated heterocycles. The summed E-state index contributed by atoms with van der Waals surface area (Å²) in [5.74, 6) is -0.729. The molecule has 0 aliphatic heterocycles. The van der Waals surface area contributed by atoms with Crippen LogP contribution in [0.2, 0.25) is 0 Å². The summed E-state index contributed by atoms with van der Waals surface area (Å²) >= 11 is 3.31. The summed E-state index contributed by atoms with van der Waals surface area (Å²) in [6, 6.07) is 11.8. The SMILES string of the molecule is N#Cc1ccc(Br)cc1Nc1cccc(C(=O)O)n1. The Morgan fingerprint density at radius 2 is 2.16 bits per heavy atom. The van der Waals surface area contributed by atoms with Crippen LogP contribution in [0.4, 0.5) is 11.5 Å². The number of nitrogens with zero attached hydrogens (tertiary/aromatic N) is 2. The van der Waals surface area contributed by atoms with E-state index in [2.05, 4.69) is 32.3 Å². The lowest BCUT2D eigenvalue weighted by molar-refractivity contribution is 0.0690. The molecule has 0 amide bonds. The van der Waals surface area contributed by atoms with Gasteiger partial charge >= 0.3 is 5.97 Å². The van der Waals surface area contributed by atoms with Crippen LogP contribution in [0.15, 0.2) is 40.9 Å². The molecular formula is C13H8BrN3O2. The molecule has 0 radical (unpaired) electrons. The highest BCUT2D eigenvalue weighted by Gasteiger charge is 2.07. The highest BCUT2D eigenvalue weighted by atomic mass is 79.9. The maximum Gasteiger partial charge on any atom is 0.354 e. The summed E-state index contributed by atoms with van der Waals surface area (Å²) < 4.78 is 0.809. The molecule has 0 unspecified atom stereocenters. The molecule has 0 aliphatic rings. The number of carbonyl (C=O) groups is 1. The second-order valence-electron chi connectivity index (χ2n) is 3.64. The number of carboxylic acid groups (broad SMARTS) is 1. The van der Waals surface area contributed by atoms with E-state index >= 15 is 0 Å². The largest absolute Gasteiger partial charge is 0.477 e. The van der Waals surface area contributed by atoms with E-state index in [9.17, 15) is 4.79 Å². The van der Waals surface area contributed by atoms with E-state index in [-0.39, 0.29) is 5.69 Å². The Morgan fingerprint density at radius 1 is 1.37 bits per heavy atom. The lowest BCUT2D eigenvalue weighted by Crippen LogP contribution is -2.03. The monoisotopic (exact) mass is 317 g/mol. The molecule has 2 aromatic rings. The zero-order chi connectivity index (χ0) is 13.8. The van der Waals surface area contributed by atoms with Crippen LogP contribution < -0.4 is 5.32 Å². The van der Waals surface area contributed by atoms with Gasteiger partial charge in [-0.1, -0.05) is 22.0 Å². The summed E-state index contributed by atoms with van der Waals surface area (Å²) in [4.78, 5) is 14.8. The number of nitriles is 1. The Kier molecular flexibility index (Phi) is 3.78. The van der Waals surface area contributed by atoms with Gasteiger partial charge in [0, 0.05) is 4.47 Å². The third kappa shape index (κ3) is 3.09. The normalized spacial score (nSPS) is 9.68. The van der Waals surface area contributed by atoms with Crippen molar-refractivity contribution in [3.8, 4) is 6.07 Å². The fraction of sp³-hybridized carbons (Fsp3) is 0. The minimum absolute atomic E-state index is 0.0569. The van der Waals surface area contributed by atoms with E-state index in [1.807, 2.05) is 0 Å². The maximum absolute atomic E-state index is 10.8. The molecule has 5 nitrogen and oxygen atoms in total. The van der Waals surface area contributed by atoms with Gasteiger partial charge < -0.3 is 10.4 Å². The minimum atomic E-state index is -1.10. The van der Waals surface area contributed by atoms with Gasteiger partial charge in [0.25, 0.3) is 0 Å². The first-order chi connectivity index (χ1) is 9.10. The average Bonchev–Trinajstić information content (AvgIpc) is 2.39. The van der Waals surface area contributed by atoms with E-state index in [1.165, 1.54) is 6.07 Å². The molecule has 0 saturated carbocycles. The summed E-state index contributed by atoms with van der Waals surface area (Å²) in [6.07, 6.45) is 0. The highest BCUT2D eigenvalue weighted by Crippen LogP contribution is 2.23. The van der Waals surface area contributed by atoms with Crippen molar-refractivity contribution in [1.29, 1.82) is 5.26 Å². The Labute approximate surface area is 117 Å². The van der Waals surface area contributed by atoms with Crippen LogP contribution >= 0.6 is 15.9 Å². The topological polar surface area (TPSA) is 86.0 Å². The highest BCUT2D eigenvalue weighted by molar-refractivity contribution is 9.10. The molecule has 1 aromatic carbocycles. The van der Waals surface area contributed by atoms with Gasteiger partial charge in [0.1, 0.15) is 11.9 Å². The molecule has 94 valence electrons. The number of nitrogens with one attached hydrogen (secondary N) is 1. The van der Waals surface area contributed by atoms with Crippen molar-refractivity contribution in [1.82, 2.24) is 4.98 Å². The number of benzene rings is 1. The first kappa shape index (κ1) is 13.1. The van der Waals surface area contributed by atoms with Gasteiger partial charge in [0.05, 0.1) is 11.3 Å². The molecule has 1 aromatic heterocycles. The first-order valence-electron chi connectivity index (χ1n) is 5.27. The molecule has 0 spiro atoms. The molecular weight excluding hydrogens is 310 g/mol. The van der Waals surface area contributed by atoms with E-state index < -0.39 is 5.97 Å². The number of aromatic carboxylic acids is 1. The van der Waals surface area contributed by atoms with Crippen LogP contribution in [0.5, 0.6) is 0 Å². The Morgan fingerprint density at radius 3 is 2.84 bits per heavy atom. The molecule has 19 heavy (non-hydrogen) atoms. The molecule has 0 fully saturated rings. The Balaban J connectivity index is 2.36. The van der Waals surface area contributed by atoms with Crippen molar-refractivity contribution < 1.29 is 9.90 Å². The zero-order valence-electron chi connectivity index (χ0n) is 9.59. The van der Waals surface area contributed by atoms with Gasteiger partial charge in [-0.3, -0.25) is 0 Å². The number of aromatic nitrogens is 1. The quantitative estimate of drug-likeness (QED) is 0.908. The lowest BCUT2D eigenvalue weighted by Gasteiger charge is -2.08. The lowest BCUT2D eigenvalue weighted by atomic mass is 10.2. The minimum Gasteiger partial charge on any atom is -0.477 e. The van der Waals surface area contributed by atoms with Crippen molar-refractivity contribution in [2.45, 2.75) is 0 Å². The predicted molar refractivity (Wildman–Crippen MR) is 73.3 cm³/mol. The molecule has 6 heteroatoms. The van der Waals surface area contributed by atoms with Gasteiger partial charge in [-0.2, -0.15) is 5.26 Å². The zero-order valence-corrected chi connectivity index (χ0v) is 11.2. The average molecular weight is 318 g/mol. The smallest absolute Gasteiger partial charge is 0.354 e. The first-order valence-corrected chi connectivity index (χ1v) is 6.06. The Bertz CT molecular complexity index is 680. The van der Waals surface area contributed by atoms with Crippen LogP contribution in [0.1, 0.15) is 16.1 Å². The predicted octanol–water partition coefficient (Wildman–Crippen LogP) is 3.16. The third-order valence-electron chi connectivity index (χ3n) is 2.33. The summed E-state index contributed by atoms with van der Waals surface area (Å²) in [5.41, 5.74) is 0.955. The van der Waals surface area contributed by atoms with Gasteiger partial charge in [-0.05, 0) is 30.3 Å². The van der Waals surface area contributed by atoms with Gasteiger partial charge in [0.2, 0.25) is 0 Å². The van der Waals surface area contributed by atoms with Crippen molar-refractivity contribution >= 4 is 33.4 Å². The fourth-order valence-corrected chi connectivity index (χ4v) is 1.84. The van der Waals surface area contributed by atoms with Crippen molar-refractivity contribution in [2.24, 2.45) is 0 Å². The fourth-order valence-electron chi connectivity index (χ4n) is 1.48. The molecule has 1 heterocycles. The molecule has 0 atom stereocenters. The summed E-state index contributed by atoms with van der Waals surface area (Å²) in [6.45, 7) is 0. The second-order valence-corrected chi connectivity index (χ2v) is 4.56. The van der Waals surface area contributed by atoms with Crippen molar-refractivity contribution in [3.05, 3.63) is 52.1 Å². The van der Waals surface area contributed by atoms with Gasteiger partial charge in [-0.25, -0.2) is 9.78 Å². The van der Waals surface area contributed by atoms with E-state index in [1.54, 1.807) is 30.3 Å². The van der Waals surface area contributed by atoms with Gasteiger partial charge in [-0.15, -0.1) is 0 Å². The molecule has 0 aliphatic carbocycles. The number of hydrogen-bond donors (Lipinski definition) is 2. The van der Waals surface area contributed by atoms with E-state index in [0.717, 1.165) is 4.47 Å². The van der Waals surface area contributed by atoms with Crippen LogP contribution in [0.25, 0.3) is 0 Å². The van der Waals surface area contributed by atoms with E-state index in [0.29, 0.717) is 17.1 Å².